The van der Waals surface area contributed by atoms with Crippen LogP contribution < -0.4 is 5.32 Å². The van der Waals surface area contributed by atoms with Gasteiger partial charge in [0.05, 0.1) is 11.1 Å². The van der Waals surface area contributed by atoms with Gasteiger partial charge < -0.3 is 10.4 Å². The summed E-state index contributed by atoms with van der Waals surface area (Å²) in [5.41, 5.74) is 1.15. The molecule has 1 heterocycles. The minimum Gasteiger partial charge on any atom is -0.388 e. The maximum Gasteiger partial charge on any atom is 0.244 e. The molecule has 2 N–H and O–H groups in total. The molecule has 1 aliphatic carbocycles. The topological polar surface area (TPSA) is 62.2 Å². The smallest absolute Gasteiger partial charge is 0.244 e. The number of carbonyl (C=O) groups excluding carboxylic acids is 1. The van der Waals surface area contributed by atoms with E-state index in [0.717, 1.165) is 42.1 Å². The molecule has 1 saturated carbocycles. The molecule has 0 spiro atoms. The fourth-order valence-corrected chi connectivity index (χ4v) is 2.95. The van der Waals surface area contributed by atoms with Crippen molar-refractivity contribution in [1.29, 1.82) is 0 Å². The Morgan fingerprint density at radius 3 is 2.86 bits per heavy atom. The summed E-state index contributed by atoms with van der Waals surface area (Å²) in [4.78, 5) is 16.2. The maximum atomic E-state index is 11.9. The summed E-state index contributed by atoms with van der Waals surface area (Å²) < 4.78 is 0. The standard InChI is InChI=1S/C18H20N2O2/c21-17(20-13-18(22)10-3-4-11-18)8-7-14-9-12-19-16-6-2-1-5-15(14)16/h1-2,5-9,12,22H,3-4,10-11,13H2,(H,20,21)/b8-7+. The van der Waals surface area contributed by atoms with Crippen molar-refractivity contribution in [2.24, 2.45) is 0 Å². The van der Waals surface area contributed by atoms with Crippen LogP contribution in [0.5, 0.6) is 0 Å². The minimum absolute atomic E-state index is 0.179. The molecular weight excluding hydrogens is 276 g/mol. The number of fused-ring (bicyclic) bond motifs is 1. The lowest BCUT2D eigenvalue weighted by Crippen LogP contribution is -2.40. The van der Waals surface area contributed by atoms with Gasteiger partial charge in [0.25, 0.3) is 0 Å². The zero-order chi connectivity index (χ0) is 15.4. The van der Waals surface area contributed by atoms with E-state index in [9.17, 15) is 9.90 Å². The number of hydrogen-bond acceptors (Lipinski definition) is 3. The van der Waals surface area contributed by atoms with E-state index in [1.54, 1.807) is 12.3 Å². The molecule has 3 rings (SSSR count). The quantitative estimate of drug-likeness (QED) is 0.853. The molecule has 1 amide bonds. The van der Waals surface area contributed by atoms with Gasteiger partial charge in [-0.3, -0.25) is 9.78 Å². The second kappa shape index (κ2) is 6.28. The monoisotopic (exact) mass is 296 g/mol. The molecule has 4 nitrogen and oxygen atoms in total. The number of amides is 1. The molecule has 0 atom stereocenters. The van der Waals surface area contributed by atoms with Crippen LogP contribution in [0.15, 0.2) is 42.6 Å². The van der Waals surface area contributed by atoms with E-state index in [0.29, 0.717) is 6.54 Å². The van der Waals surface area contributed by atoms with Gasteiger partial charge in [0.15, 0.2) is 0 Å². The summed E-state index contributed by atoms with van der Waals surface area (Å²) in [6.07, 6.45) is 8.65. The number of benzene rings is 1. The van der Waals surface area contributed by atoms with Crippen molar-refractivity contribution in [2.45, 2.75) is 31.3 Å². The molecule has 22 heavy (non-hydrogen) atoms. The third kappa shape index (κ3) is 3.34. The fraction of sp³-hybridized carbons (Fsp3) is 0.333. The lowest BCUT2D eigenvalue weighted by Gasteiger charge is -2.21. The van der Waals surface area contributed by atoms with Gasteiger partial charge >= 0.3 is 0 Å². The Morgan fingerprint density at radius 2 is 2.05 bits per heavy atom. The van der Waals surface area contributed by atoms with E-state index in [2.05, 4.69) is 10.3 Å². The lowest BCUT2D eigenvalue weighted by molar-refractivity contribution is -0.117. The Labute approximate surface area is 129 Å². The van der Waals surface area contributed by atoms with Gasteiger partial charge in [-0.15, -0.1) is 0 Å². The predicted molar refractivity (Wildman–Crippen MR) is 87.2 cm³/mol. The van der Waals surface area contributed by atoms with Gasteiger partial charge in [-0.2, -0.15) is 0 Å². The van der Waals surface area contributed by atoms with Gasteiger partial charge in [0.1, 0.15) is 0 Å². The number of aromatic nitrogens is 1. The van der Waals surface area contributed by atoms with Crippen LogP contribution in [-0.2, 0) is 4.79 Å². The first kappa shape index (κ1) is 14.7. The third-order valence-corrected chi connectivity index (χ3v) is 4.22. The first-order valence-electron chi connectivity index (χ1n) is 7.68. The predicted octanol–water partition coefficient (Wildman–Crippen LogP) is 2.67. The highest BCUT2D eigenvalue weighted by Gasteiger charge is 2.30. The summed E-state index contributed by atoms with van der Waals surface area (Å²) in [5.74, 6) is -0.179. The summed E-state index contributed by atoms with van der Waals surface area (Å²) in [7, 11) is 0. The molecule has 114 valence electrons. The molecular formula is C18H20N2O2. The number of hydrogen-bond donors (Lipinski definition) is 2. The maximum absolute atomic E-state index is 11.9. The van der Waals surface area contributed by atoms with Crippen LogP contribution in [0, 0.1) is 0 Å². The molecule has 1 aromatic carbocycles. The van der Waals surface area contributed by atoms with Crippen molar-refractivity contribution in [2.75, 3.05) is 6.54 Å². The zero-order valence-corrected chi connectivity index (χ0v) is 12.5. The Hall–Kier alpha value is -2.20. The molecule has 0 bridgehead atoms. The van der Waals surface area contributed by atoms with Crippen LogP contribution in [0.2, 0.25) is 0 Å². The summed E-state index contributed by atoms with van der Waals surface area (Å²) in [5, 5.41) is 14.0. The molecule has 0 unspecified atom stereocenters. The van der Waals surface area contributed by atoms with Crippen molar-refractivity contribution in [1.82, 2.24) is 10.3 Å². The van der Waals surface area contributed by atoms with E-state index >= 15 is 0 Å². The fourth-order valence-electron chi connectivity index (χ4n) is 2.95. The van der Waals surface area contributed by atoms with Crippen molar-refractivity contribution in [3.63, 3.8) is 0 Å². The second-order valence-electron chi connectivity index (χ2n) is 5.90. The van der Waals surface area contributed by atoms with Crippen molar-refractivity contribution < 1.29 is 9.90 Å². The van der Waals surface area contributed by atoms with E-state index < -0.39 is 5.60 Å². The largest absolute Gasteiger partial charge is 0.388 e. The molecule has 1 aromatic heterocycles. The average molecular weight is 296 g/mol. The number of rotatable bonds is 4. The average Bonchev–Trinajstić information content (AvgIpc) is 2.98. The molecule has 4 heteroatoms. The Morgan fingerprint density at radius 1 is 1.27 bits per heavy atom. The highest BCUT2D eigenvalue weighted by atomic mass is 16.3. The van der Waals surface area contributed by atoms with Gasteiger partial charge in [0.2, 0.25) is 5.91 Å². The van der Waals surface area contributed by atoms with Crippen LogP contribution in [0.1, 0.15) is 31.2 Å². The lowest BCUT2D eigenvalue weighted by atomic mass is 10.0. The molecule has 0 aliphatic heterocycles. The van der Waals surface area contributed by atoms with Gasteiger partial charge in [-0.1, -0.05) is 31.0 Å². The summed E-state index contributed by atoms with van der Waals surface area (Å²) >= 11 is 0. The second-order valence-corrected chi connectivity index (χ2v) is 5.90. The number of nitrogens with zero attached hydrogens (tertiary/aromatic N) is 1. The molecule has 0 saturated heterocycles. The number of carbonyl (C=O) groups is 1. The zero-order valence-electron chi connectivity index (χ0n) is 12.5. The minimum atomic E-state index is -0.715. The first-order valence-corrected chi connectivity index (χ1v) is 7.68. The molecule has 1 aliphatic rings. The first-order chi connectivity index (χ1) is 10.7. The Kier molecular flexibility index (Phi) is 4.20. The summed E-state index contributed by atoms with van der Waals surface area (Å²) in [6.45, 7) is 0.327. The normalized spacial score (nSPS) is 17.1. The van der Waals surface area contributed by atoms with Gasteiger partial charge in [-0.05, 0) is 36.6 Å². The van der Waals surface area contributed by atoms with Crippen LogP contribution in [0.4, 0.5) is 0 Å². The highest BCUT2D eigenvalue weighted by Crippen LogP contribution is 2.28. The molecule has 0 radical (unpaired) electrons. The Balaban J connectivity index is 1.66. The molecule has 2 aromatic rings. The number of aliphatic hydroxyl groups is 1. The van der Waals surface area contributed by atoms with Crippen LogP contribution >= 0.6 is 0 Å². The SMILES string of the molecule is O=C(/C=C/c1ccnc2ccccc12)NCC1(O)CCCC1. The third-order valence-electron chi connectivity index (χ3n) is 4.22. The van der Waals surface area contributed by atoms with E-state index in [4.69, 9.17) is 0 Å². The van der Waals surface area contributed by atoms with E-state index in [1.807, 2.05) is 30.3 Å². The van der Waals surface area contributed by atoms with Crippen molar-refractivity contribution in [3.8, 4) is 0 Å². The van der Waals surface area contributed by atoms with Gasteiger partial charge in [-0.25, -0.2) is 0 Å². The van der Waals surface area contributed by atoms with Crippen molar-refractivity contribution >= 4 is 22.9 Å². The van der Waals surface area contributed by atoms with E-state index in [1.165, 1.54) is 6.08 Å². The van der Waals surface area contributed by atoms with Crippen LogP contribution in [-0.4, -0.2) is 28.1 Å². The number of nitrogens with one attached hydrogen (secondary N) is 1. The number of pyridine rings is 1. The molecule has 1 fully saturated rings. The van der Waals surface area contributed by atoms with Crippen LogP contribution in [0.25, 0.3) is 17.0 Å². The highest BCUT2D eigenvalue weighted by molar-refractivity contribution is 5.95. The van der Waals surface area contributed by atoms with E-state index in [-0.39, 0.29) is 5.91 Å². The van der Waals surface area contributed by atoms with Crippen molar-refractivity contribution in [3.05, 3.63) is 48.2 Å². The summed E-state index contributed by atoms with van der Waals surface area (Å²) in [6, 6.07) is 9.72. The van der Waals surface area contributed by atoms with Gasteiger partial charge in [0, 0.05) is 24.2 Å². The van der Waals surface area contributed by atoms with Crippen LogP contribution in [0.3, 0.4) is 0 Å². The Bertz CT molecular complexity index is 698. The number of para-hydroxylation sites is 1.